The number of aromatic nitrogens is 1. The highest BCUT2D eigenvalue weighted by Crippen LogP contribution is 2.18. The summed E-state index contributed by atoms with van der Waals surface area (Å²) in [6, 6.07) is 0. The van der Waals surface area contributed by atoms with Gasteiger partial charge < -0.3 is 15.6 Å². The number of ketones is 1. The van der Waals surface area contributed by atoms with Gasteiger partial charge in [0, 0.05) is 24.3 Å². The molecule has 0 spiro atoms. The number of hydrogen-bond donors (Lipinski definition) is 3. The van der Waals surface area contributed by atoms with E-state index in [0.717, 1.165) is 30.8 Å². The minimum absolute atomic E-state index is 0.0186. The smallest absolute Gasteiger partial charge is 0.268 e. The van der Waals surface area contributed by atoms with E-state index in [-0.39, 0.29) is 11.7 Å². The maximum Gasteiger partial charge on any atom is 0.268 e. The lowest BCUT2D eigenvalue weighted by Crippen LogP contribution is -2.32. The summed E-state index contributed by atoms with van der Waals surface area (Å²) in [7, 11) is 0. The maximum atomic E-state index is 12.0. The van der Waals surface area contributed by atoms with Crippen molar-refractivity contribution in [3.05, 3.63) is 22.5 Å². The molecule has 0 aliphatic heterocycles. The average molecular weight is 265 g/mol. The van der Waals surface area contributed by atoms with Crippen LogP contribution < -0.4 is 10.6 Å². The molecule has 0 saturated heterocycles. The molecule has 5 nitrogen and oxygen atoms in total. The van der Waals surface area contributed by atoms with Crippen molar-refractivity contribution in [1.82, 2.24) is 15.6 Å². The first kappa shape index (κ1) is 15.4. The second-order valence-electron chi connectivity index (χ2n) is 4.69. The highest BCUT2D eigenvalue weighted by Gasteiger charge is 2.19. The SMILES string of the molecule is CCCNCCNC(=O)c1[nH]c(C)c(C(C)=O)c1C. The van der Waals surface area contributed by atoms with Crippen LogP contribution in [0.2, 0.25) is 0 Å². The summed E-state index contributed by atoms with van der Waals surface area (Å²) < 4.78 is 0. The summed E-state index contributed by atoms with van der Waals surface area (Å²) in [5, 5.41) is 6.05. The van der Waals surface area contributed by atoms with Gasteiger partial charge in [0.25, 0.3) is 5.91 Å². The monoisotopic (exact) mass is 265 g/mol. The van der Waals surface area contributed by atoms with Crippen LogP contribution in [-0.4, -0.2) is 36.3 Å². The van der Waals surface area contributed by atoms with Crippen molar-refractivity contribution in [2.24, 2.45) is 0 Å². The molecular formula is C14H23N3O2. The number of aromatic amines is 1. The molecule has 0 radical (unpaired) electrons. The van der Waals surface area contributed by atoms with E-state index >= 15 is 0 Å². The summed E-state index contributed by atoms with van der Waals surface area (Å²) in [5.41, 5.74) is 2.58. The maximum absolute atomic E-state index is 12.0. The zero-order valence-electron chi connectivity index (χ0n) is 12.1. The van der Waals surface area contributed by atoms with Gasteiger partial charge in [-0.15, -0.1) is 0 Å². The van der Waals surface area contributed by atoms with Gasteiger partial charge >= 0.3 is 0 Å². The summed E-state index contributed by atoms with van der Waals surface area (Å²) in [5.74, 6) is -0.179. The second kappa shape index (κ2) is 7.09. The van der Waals surface area contributed by atoms with E-state index in [1.807, 2.05) is 6.92 Å². The lowest BCUT2D eigenvalue weighted by molar-refractivity contribution is 0.0948. The number of carbonyl (C=O) groups excluding carboxylic acids is 2. The molecular weight excluding hydrogens is 242 g/mol. The van der Waals surface area contributed by atoms with E-state index in [0.29, 0.717) is 17.8 Å². The first-order valence-electron chi connectivity index (χ1n) is 6.68. The lowest BCUT2D eigenvalue weighted by Gasteiger charge is -2.05. The zero-order valence-corrected chi connectivity index (χ0v) is 12.1. The summed E-state index contributed by atoms with van der Waals surface area (Å²) in [4.78, 5) is 26.5. The number of nitrogens with one attached hydrogen (secondary N) is 3. The van der Waals surface area contributed by atoms with E-state index in [1.54, 1.807) is 6.92 Å². The Labute approximate surface area is 114 Å². The van der Waals surface area contributed by atoms with Gasteiger partial charge in [0.15, 0.2) is 5.78 Å². The molecule has 0 aliphatic carbocycles. The van der Waals surface area contributed by atoms with Gasteiger partial charge in [0.05, 0.1) is 0 Å². The molecule has 1 heterocycles. The molecule has 19 heavy (non-hydrogen) atoms. The molecule has 5 heteroatoms. The van der Waals surface area contributed by atoms with E-state index in [4.69, 9.17) is 0 Å². The molecule has 1 aromatic heterocycles. The number of amides is 1. The number of H-pyrrole nitrogens is 1. The molecule has 0 bridgehead atoms. The predicted octanol–water partition coefficient (Wildman–Crippen LogP) is 1.56. The van der Waals surface area contributed by atoms with Crippen molar-refractivity contribution in [2.45, 2.75) is 34.1 Å². The van der Waals surface area contributed by atoms with Gasteiger partial charge in [-0.2, -0.15) is 0 Å². The van der Waals surface area contributed by atoms with Crippen molar-refractivity contribution < 1.29 is 9.59 Å². The Morgan fingerprint density at radius 1 is 1.16 bits per heavy atom. The molecule has 0 aliphatic rings. The number of rotatable bonds is 7. The topological polar surface area (TPSA) is 74.0 Å². The van der Waals surface area contributed by atoms with Gasteiger partial charge in [-0.3, -0.25) is 9.59 Å². The van der Waals surface area contributed by atoms with Crippen molar-refractivity contribution in [1.29, 1.82) is 0 Å². The van der Waals surface area contributed by atoms with Gasteiger partial charge in [-0.1, -0.05) is 6.92 Å². The van der Waals surface area contributed by atoms with Gasteiger partial charge in [-0.05, 0) is 39.3 Å². The Kier molecular flexibility index (Phi) is 5.76. The van der Waals surface area contributed by atoms with Crippen LogP contribution in [0.25, 0.3) is 0 Å². The van der Waals surface area contributed by atoms with Gasteiger partial charge in [0.2, 0.25) is 0 Å². The molecule has 0 aromatic carbocycles. The standard InChI is InChI=1S/C14H23N3O2/c1-5-6-15-7-8-16-14(19)13-9(2)12(11(4)18)10(3)17-13/h15,17H,5-8H2,1-4H3,(H,16,19). The highest BCUT2D eigenvalue weighted by atomic mass is 16.2. The molecule has 1 rings (SSSR count). The zero-order chi connectivity index (χ0) is 14.4. The Bertz CT molecular complexity index is 464. The predicted molar refractivity (Wildman–Crippen MR) is 75.8 cm³/mol. The molecule has 0 fully saturated rings. The first-order valence-corrected chi connectivity index (χ1v) is 6.68. The van der Waals surface area contributed by atoms with E-state index in [9.17, 15) is 9.59 Å². The van der Waals surface area contributed by atoms with Crippen LogP contribution in [0.15, 0.2) is 0 Å². The van der Waals surface area contributed by atoms with Crippen molar-refractivity contribution in [3.8, 4) is 0 Å². The van der Waals surface area contributed by atoms with E-state index in [2.05, 4.69) is 22.5 Å². The fraction of sp³-hybridized carbons (Fsp3) is 0.571. The highest BCUT2D eigenvalue weighted by molar-refractivity contribution is 6.02. The Hall–Kier alpha value is -1.62. The first-order chi connectivity index (χ1) is 8.99. The third-order valence-corrected chi connectivity index (χ3v) is 3.03. The van der Waals surface area contributed by atoms with E-state index in [1.165, 1.54) is 6.92 Å². The molecule has 0 atom stereocenters. The Morgan fingerprint density at radius 3 is 2.37 bits per heavy atom. The number of Topliss-reactive ketones (excluding diaryl/α,β-unsaturated/α-hetero) is 1. The van der Waals surface area contributed by atoms with Crippen LogP contribution in [0.4, 0.5) is 0 Å². The quantitative estimate of drug-likeness (QED) is 0.517. The normalized spacial score (nSPS) is 10.5. The molecule has 3 N–H and O–H groups in total. The van der Waals surface area contributed by atoms with Crippen LogP contribution in [0.1, 0.15) is 52.4 Å². The van der Waals surface area contributed by atoms with Crippen LogP contribution in [0, 0.1) is 13.8 Å². The minimum Gasteiger partial charge on any atom is -0.354 e. The van der Waals surface area contributed by atoms with Gasteiger partial charge in [0.1, 0.15) is 5.69 Å². The van der Waals surface area contributed by atoms with E-state index < -0.39 is 0 Å². The summed E-state index contributed by atoms with van der Waals surface area (Å²) in [6.45, 7) is 9.49. The number of hydrogen-bond acceptors (Lipinski definition) is 3. The van der Waals surface area contributed by atoms with Crippen molar-refractivity contribution >= 4 is 11.7 Å². The molecule has 0 unspecified atom stereocenters. The average Bonchev–Trinajstić information content (AvgIpc) is 2.64. The number of aryl methyl sites for hydroxylation is 1. The summed E-state index contributed by atoms with van der Waals surface area (Å²) >= 11 is 0. The van der Waals surface area contributed by atoms with Crippen LogP contribution in [0.5, 0.6) is 0 Å². The minimum atomic E-state index is -0.161. The van der Waals surface area contributed by atoms with Crippen molar-refractivity contribution in [2.75, 3.05) is 19.6 Å². The third-order valence-electron chi connectivity index (χ3n) is 3.03. The largest absolute Gasteiger partial charge is 0.354 e. The molecule has 0 saturated carbocycles. The molecule has 106 valence electrons. The molecule has 1 aromatic rings. The Balaban J connectivity index is 2.63. The Morgan fingerprint density at radius 2 is 1.84 bits per heavy atom. The summed E-state index contributed by atoms with van der Waals surface area (Å²) in [6.07, 6.45) is 1.07. The third kappa shape index (κ3) is 3.92. The lowest BCUT2D eigenvalue weighted by atomic mass is 10.1. The fourth-order valence-corrected chi connectivity index (χ4v) is 2.16. The second-order valence-corrected chi connectivity index (χ2v) is 4.69. The fourth-order valence-electron chi connectivity index (χ4n) is 2.16. The molecule has 1 amide bonds. The van der Waals surface area contributed by atoms with Crippen LogP contribution in [0.3, 0.4) is 0 Å². The van der Waals surface area contributed by atoms with Crippen LogP contribution >= 0.6 is 0 Å². The van der Waals surface area contributed by atoms with Gasteiger partial charge in [-0.25, -0.2) is 0 Å². The van der Waals surface area contributed by atoms with Crippen molar-refractivity contribution in [3.63, 3.8) is 0 Å². The number of carbonyl (C=O) groups is 2. The van der Waals surface area contributed by atoms with Crippen LogP contribution in [-0.2, 0) is 0 Å².